The minimum atomic E-state index is -4.95. The third-order valence-corrected chi connectivity index (χ3v) is 3.52. The topological polar surface area (TPSA) is 97.8 Å². The van der Waals surface area contributed by atoms with Crippen LogP contribution in [0.5, 0.6) is 5.75 Å². The van der Waals surface area contributed by atoms with Crippen LogP contribution in [0, 0.1) is 5.41 Å². The van der Waals surface area contributed by atoms with E-state index < -0.39 is 34.8 Å². The molecule has 0 aromatic carbocycles. The number of hydrogen-bond acceptors (Lipinski definition) is 5. The first kappa shape index (κ1) is 21.9. The van der Waals surface area contributed by atoms with Gasteiger partial charge in [-0.15, -0.1) is 24.5 Å². The molecule has 0 aliphatic heterocycles. The lowest BCUT2D eigenvalue weighted by Crippen LogP contribution is -2.23. The molecular formula is C17H16F3N3O3S. The lowest BCUT2D eigenvalue weighted by Gasteiger charge is -2.08. The third kappa shape index (κ3) is 7.74. The number of halogens is 3. The van der Waals surface area contributed by atoms with Crippen molar-refractivity contribution in [1.82, 2.24) is 0 Å². The van der Waals surface area contributed by atoms with Gasteiger partial charge in [0.1, 0.15) is 4.88 Å². The van der Waals surface area contributed by atoms with Gasteiger partial charge in [-0.2, -0.15) is 4.99 Å². The highest BCUT2D eigenvalue weighted by molar-refractivity contribution is 7.12. The lowest BCUT2D eigenvalue weighted by atomic mass is 10.2. The number of rotatable bonds is 6. The number of amides is 1. The van der Waals surface area contributed by atoms with Crippen molar-refractivity contribution < 1.29 is 27.4 Å². The van der Waals surface area contributed by atoms with E-state index in [0.717, 1.165) is 6.07 Å². The van der Waals surface area contributed by atoms with Gasteiger partial charge in [-0.25, -0.2) is 0 Å². The van der Waals surface area contributed by atoms with Gasteiger partial charge in [0, 0.05) is 5.57 Å². The molecule has 10 heteroatoms. The number of alkyl halides is 3. The van der Waals surface area contributed by atoms with Gasteiger partial charge in [0.05, 0.1) is 0 Å². The van der Waals surface area contributed by atoms with Crippen LogP contribution in [-0.2, 0) is 4.74 Å². The Kier molecular flexibility index (Phi) is 8.21. The Balaban J connectivity index is 2.87. The summed E-state index contributed by atoms with van der Waals surface area (Å²) in [5.74, 6) is -2.22. The fourth-order valence-electron chi connectivity index (χ4n) is 1.57. The Morgan fingerprint density at radius 2 is 2.07 bits per heavy atom. The second-order valence-corrected chi connectivity index (χ2v) is 5.50. The van der Waals surface area contributed by atoms with Crippen LogP contribution in [0.3, 0.4) is 0 Å². The number of aliphatic imine (C=N–C) groups is 1. The normalized spacial score (nSPS) is 13.2. The fourth-order valence-corrected chi connectivity index (χ4v) is 2.27. The van der Waals surface area contributed by atoms with E-state index >= 15 is 0 Å². The summed E-state index contributed by atoms with van der Waals surface area (Å²) < 4.78 is 45.6. The van der Waals surface area contributed by atoms with E-state index in [0.29, 0.717) is 11.3 Å². The molecule has 27 heavy (non-hydrogen) atoms. The second-order valence-electron chi connectivity index (χ2n) is 4.58. The zero-order chi connectivity index (χ0) is 20.4. The lowest BCUT2D eigenvalue weighted by molar-refractivity contribution is -0.274. The molecule has 1 amide bonds. The number of amidine groups is 1. The first-order valence-electron chi connectivity index (χ1n) is 7.28. The Morgan fingerprint density at radius 1 is 1.37 bits per heavy atom. The zero-order valence-electron chi connectivity index (χ0n) is 14.1. The van der Waals surface area contributed by atoms with Crippen LogP contribution in [0.1, 0.15) is 16.6 Å². The molecular weight excluding hydrogens is 383 g/mol. The van der Waals surface area contributed by atoms with Gasteiger partial charge in [0.25, 0.3) is 11.9 Å². The van der Waals surface area contributed by atoms with Gasteiger partial charge in [0.2, 0.25) is 5.90 Å². The Labute approximate surface area is 157 Å². The maximum atomic E-state index is 12.3. The van der Waals surface area contributed by atoms with Crippen LogP contribution in [0.2, 0.25) is 0 Å². The average molecular weight is 399 g/mol. The van der Waals surface area contributed by atoms with E-state index in [1.807, 2.05) is 6.92 Å². The van der Waals surface area contributed by atoms with Crippen LogP contribution in [0.4, 0.5) is 13.2 Å². The highest BCUT2D eigenvalue weighted by atomic mass is 32.1. The van der Waals surface area contributed by atoms with Crippen molar-refractivity contribution in [3.8, 4) is 5.75 Å². The summed E-state index contributed by atoms with van der Waals surface area (Å²) in [7, 11) is 0. The number of thiophene rings is 1. The number of hydrogen-bond donors (Lipinski definition) is 2. The summed E-state index contributed by atoms with van der Waals surface area (Å²) in [6, 6.07) is 0.275. The number of carbonyl (C=O) groups excluding carboxylic acids is 1. The number of nitrogens with zero attached hydrogens (tertiary/aromatic N) is 1. The molecule has 0 aliphatic carbocycles. The van der Waals surface area contributed by atoms with Crippen molar-refractivity contribution in [2.45, 2.75) is 13.3 Å². The summed E-state index contributed by atoms with van der Waals surface area (Å²) >= 11 is 0.696. The zero-order valence-corrected chi connectivity index (χ0v) is 14.9. The minimum absolute atomic E-state index is 0.249. The summed E-state index contributed by atoms with van der Waals surface area (Å²) in [4.78, 5) is 14.9. The smallest absolute Gasteiger partial charge is 0.407 e. The molecule has 1 heterocycles. The molecule has 144 valence electrons. The summed E-state index contributed by atoms with van der Waals surface area (Å²) in [6.45, 7) is 5.36. The summed E-state index contributed by atoms with van der Waals surface area (Å²) in [5, 5.41) is 9.01. The first-order valence-corrected chi connectivity index (χ1v) is 8.16. The van der Waals surface area contributed by atoms with Crippen LogP contribution in [0.25, 0.3) is 0 Å². The van der Waals surface area contributed by atoms with E-state index in [1.165, 1.54) is 17.5 Å². The predicted octanol–water partition coefficient (Wildman–Crippen LogP) is 4.34. The molecule has 0 saturated carbocycles. The standard InChI is InChI=1S/C17H16F3N3O3S/c1-3-5-6-7-8-11(4-2)14(21)25-16(22)23-15(24)13-12(9-10-27-13)26-17(18,19)20/h3-10,21H,2H2,1H3,(H2,22,23,24)/b5-3-,7-6-,11-8+,21-14?. The van der Waals surface area contributed by atoms with Crippen LogP contribution < -0.4 is 10.5 Å². The second kappa shape index (κ2) is 10.1. The van der Waals surface area contributed by atoms with Crippen molar-refractivity contribution >= 4 is 29.2 Å². The maximum Gasteiger partial charge on any atom is 0.573 e. The van der Waals surface area contributed by atoms with Crippen LogP contribution >= 0.6 is 11.3 Å². The number of nitrogens with one attached hydrogen (secondary N) is 1. The van der Waals surface area contributed by atoms with Crippen molar-refractivity contribution in [3.05, 3.63) is 64.9 Å². The molecule has 0 unspecified atom stereocenters. The van der Waals surface area contributed by atoms with E-state index in [-0.39, 0.29) is 5.57 Å². The number of allylic oxidation sites excluding steroid dienone is 5. The molecule has 1 rings (SSSR count). The van der Waals surface area contributed by atoms with Gasteiger partial charge in [-0.3, -0.25) is 10.2 Å². The maximum absolute atomic E-state index is 12.3. The molecule has 3 N–H and O–H groups in total. The molecule has 6 nitrogen and oxygen atoms in total. The largest absolute Gasteiger partial charge is 0.573 e. The molecule has 0 saturated heterocycles. The minimum Gasteiger partial charge on any atom is -0.407 e. The SMILES string of the molecule is C=C\C(=C/C=C\C=C/C)C(=N)OC(N)=NC(=O)c1sccc1OC(F)(F)F. The first-order chi connectivity index (χ1) is 12.7. The molecule has 1 aromatic rings. The van der Waals surface area contributed by atoms with E-state index in [1.54, 1.807) is 24.3 Å². The molecule has 0 bridgehead atoms. The third-order valence-electron chi connectivity index (χ3n) is 2.64. The van der Waals surface area contributed by atoms with Crippen molar-refractivity contribution in [2.24, 2.45) is 10.7 Å². The Hall–Kier alpha value is -3.14. The molecule has 0 aliphatic rings. The van der Waals surface area contributed by atoms with Gasteiger partial charge in [-0.05, 0) is 24.4 Å². The van der Waals surface area contributed by atoms with Crippen LogP contribution in [0.15, 0.2) is 65.0 Å². The average Bonchev–Trinajstić information content (AvgIpc) is 3.00. The summed E-state index contributed by atoms with van der Waals surface area (Å²) in [6.07, 6.45) is 4.78. The number of carbonyl (C=O) groups is 1. The summed E-state index contributed by atoms with van der Waals surface area (Å²) in [5.41, 5.74) is 5.69. The predicted molar refractivity (Wildman–Crippen MR) is 98.0 cm³/mol. The molecule has 0 fully saturated rings. The van der Waals surface area contributed by atoms with Gasteiger partial charge in [-0.1, -0.05) is 37.0 Å². The molecule has 0 radical (unpaired) electrons. The van der Waals surface area contributed by atoms with Gasteiger partial charge < -0.3 is 15.2 Å². The Morgan fingerprint density at radius 3 is 2.67 bits per heavy atom. The highest BCUT2D eigenvalue weighted by Gasteiger charge is 2.33. The number of ether oxygens (including phenoxy) is 2. The monoisotopic (exact) mass is 399 g/mol. The fraction of sp³-hybridized carbons (Fsp3) is 0.118. The molecule has 0 spiro atoms. The molecule has 1 aromatic heterocycles. The van der Waals surface area contributed by atoms with E-state index in [9.17, 15) is 18.0 Å². The van der Waals surface area contributed by atoms with Crippen molar-refractivity contribution in [1.29, 1.82) is 5.41 Å². The quantitative estimate of drug-likeness (QED) is 0.422. The van der Waals surface area contributed by atoms with Crippen molar-refractivity contribution in [2.75, 3.05) is 0 Å². The van der Waals surface area contributed by atoms with Crippen LogP contribution in [-0.4, -0.2) is 24.2 Å². The number of nitrogens with two attached hydrogens (primary N) is 1. The highest BCUT2D eigenvalue weighted by Crippen LogP contribution is 2.30. The van der Waals surface area contributed by atoms with Crippen molar-refractivity contribution in [3.63, 3.8) is 0 Å². The molecule has 0 atom stereocenters. The van der Waals surface area contributed by atoms with Gasteiger partial charge in [0.15, 0.2) is 5.75 Å². The van der Waals surface area contributed by atoms with E-state index in [2.05, 4.69) is 16.3 Å². The van der Waals surface area contributed by atoms with E-state index in [4.69, 9.17) is 15.9 Å². The van der Waals surface area contributed by atoms with Gasteiger partial charge >= 0.3 is 6.36 Å². The Bertz CT molecular complexity index is 821.